The van der Waals surface area contributed by atoms with Crippen LogP contribution in [0.15, 0.2) is 24.3 Å². The van der Waals surface area contributed by atoms with Crippen molar-refractivity contribution in [3.63, 3.8) is 0 Å². The molecule has 120 valence electrons. The molecule has 2 rings (SSSR count). The van der Waals surface area contributed by atoms with E-state index in [2.05, 4.69) is 0 Å². The highest BCUT2D eigenvalue weighted by atomic mass is 35.5. The van der Waals surface area contributed by atoms with Crippen LogP contribution in [-0.4, -0.2) is 25.5 Å². The van der Waals surface area contributed by atoms with E-state index in [0.717, 1.165) is 6.07 Å². The summed E-state index contributed by atoms with van der Waals surface area (Å²) in [6.45, 7) is 0. The molecule has 1 fully saturated rings. The summed E-state index contributed by atoms with van der Waals surface area (Å²) >= 11 is 0. The zero-order valence-electron chi connectivity index (χ0n) is 11.2. The van der Waals surface area contributed by atoms with E-state index in [4.69, 9.17) is 5.73 Å². The van der Waals surface area contributed by atoms with Gasteiger partial charge in [-0.25, -0.2) is 8.42 Å². The second-order valence-electron chi connectivity index (χ2n) is 5.35. The fourth-order valence-electron chi connectivity index (χ4n) is 2.45. The van der Waals surface area contributed by atoms with Gasteiger partial charge in [0.15, 0.2) is 0 Å². The van der Waals surface area contributed by atoms with Gasteiger partial charge in [0.2, 0.25) is 0 Å². The van der Waals surface area contributed by atoms with Gasteiger partial charge in [-0.05, 0) is 30.9 Å². The van der Waals surface area contributed by atoms with Crippen LogP contribution in [-0.2, 0) is 22.4 Å². The summed E-state index contributed by atoms with van der Waals surface area (Å²) in [6.07, 6.45) is -3.99. The second kappa shape index (κ2) is 6.14. The Labute approximate surface area is 128 Å². The van der Waals surface area contributed by atoms with Crippen LogP contribution < -0.4 is 5.73 Å². The molecule has 0 aromatic heterocycles. The lowest BCUT2D eigenvalue weighted by Gasteiger charge is -2.34. The van der Waals surface area contributed by atoms with Crippen molar-refractivity contribution in [1.29, 1.82) is 0 Å². The lowest BCUT2D eigenvalue weighted by Crippen LogP contribution is -2.49. The molecular formula is C13H17ClF3NO2S. The Bertz CT molecular complexity index is 588. The summed E-state index contributed by atoms with van der Waals surface area (Å²) in [5.74, 6) is -0.116. The van der Waals surface area contributed by atoms with Crippen LogP contribution in [0.3, 0.4) is 0 Å². The molecule has 0 amide bonds. The monoisotopic (exact) mass is 343 g/mol. The molecule has 0 bridgehead atoms. The summed E-state index contributed by atoms with van der Waals surface area (Å²) in [5.41, 5.74) is 4.64. The maximum atomic E-state index is 12.9. The first kappa shape index (κ1) is 18.3. The van der Waals surface area contributed by atoms with Gasteiger partial charge in [-0.1, -0.05) is 18.2 Å². The van der Waals surface area contributed by atoms with Gasteiger partial charge in [0.05, 0.1) is 17.1 Å². The minimum atomic E-state index is -4.42. The van der Waals surface area contributed by atoms with E-state index in [1.807, 2.05) is 0 Å². The predicted octanol–water partition coefficient (Wildman–Crippen LogP) is 2.58. The van der Waals surface area contributed by atoms with Crippen LogP contribution in [0.4, 0.5) is 13.2 Å². The van der Waals surface area contributed by atoms with Crippen LogP contribution in [0, 0.1) is 0 Å². The summed E-state index contributed by atoms with van der Waals surface area (Å²) in [5, 5.41) is 0. The Balaban J connectivity index is 0.00000220. The molecule has 0 aliphatic carbocycles. The number of alkyl halides is 3. The van der Waals surface area contributed by atoms with E-state index >= 15 is 0 Å². The first-order valence-electron chi connectivity index (χ1n) is 6.26. The molecule has 1 heterocycles. The average molecular weight is 344 g/mol. The van der Waals surface area contributed by atoms with Crippen molar-refractivity contribution in [2.45, 2.75) is 31.0 Å². The molecule has 0 saturated carbocycles. The minimum Gasteiger partial charge on any atom is -0.325 e. The Morgan fingerprint density at radius 3 is 2.19 bits per heavy atom. The fourth-order valence-corrected chi connectivity index (χ4v) is 4.09. The van der Waals surface area contributed by atoms with E-state index in [0.29, 0.717) is 0 Å². The SMILES string of the molecule is Cl.NC1(Cc2ccccc2C(F)(F)F)CCS(=O)(=O)CC1. The summed E-state index contributed by atoms with van der Waals surface area (Å²) in [4.78, 5) is 0. The van der Waals surface area contributed by atoms with Crippen LogP contribution >= 0.6 is 12.4 Å². The van der Waals surface area contributed by atoms with Crippen LogP contribution in [0.5, 0.6) is 0 Å². The Morgan fingerprint density at radius 2 is 1.67 bits per heavy atom. The molecule has 1 saturated heterocycles. The molecule has 0 radical (unpaired) electrons. The molecule has 0 spiro atoms. The van der Waals surface area contributed by atoms with E-state index in [1.165, 1.54) is 18.2 Å². The third-order valence-electron chi connectivity index (χ3n) is 3.69. The minimum absolute atomic E-state index is 0. The van der Waals surface area contributed by atoms with Crippen molar-refractivity contribution in [3.05, 3.63) is 35.4 Å². The second-order valence-corrected chi connectivity index (χ2v) is 7.65. The molecule has 1 aliphatic heterocycles. The van der Waals surface area contributed by atoms with Crippen molar-refractivity contribution >= 4 is 22.2 Å². The third-order valence-corrected chi connectivity index (χ3v) is 5.34. The maximum absolute atomic E-state index is 12.9. The van der Waals surface area contributed by atoms with Crippen molar-refractivity contribution in [3.8, 4) is 0 Å². The number of sulfone groups is 1. The first-order valence-corrected chi connectivity index (χ1v) is 8.08. The van der Waals surface area contributed by atoms with E-state index in [1.54, 1.807) is 0 Å². The van der Waals surface area contributed by atoms with Crippen molar-refractivity contribution in [2.24, 2.45) is 5.73 Å². The molecule has 8 heteroatoms. The number of nitrogens with two attached hydrogens (primary N) is 1. The Morgan fingerprint density at radius 1 is 1.14 bits per heavy atom. The maximum Gasteiger partial charge on any atom is 0.416 e. The third kappa shape index (κ3) is 4.59. The van der Waals surface area contributed by atoms with Crippen LogP contribution in [0.2, 0.25) is 0 Å². The highest BCUT2D eigenvalue weighted by Gasteiger charge is 2.38. The fraction of sp³-hybridized carbons (Fsp3) is 0.538. The Hall–Kier alpha value is -0.790. The molecular weight excluding hydrogens is 327 g/mol. The lowest BCUT2D eigenvalue weighted by atomic mass is 9.85. The molecule has 0 atom stereocenters. The lowest BCUT2D eigenvalue weighted by molar-refractivity contribution is -0.138. The van der Waals surface area contributed by atoms with Gasteiger partial charge in [-0.15, -0.1) is 12.4 Å². The van der Waals surface area contributed by atoms with E-state index < -0.39 is 27.1 Å². The van der Waals surface area contributed by atoms with Gasteiger partial charge in [0, 0.05) is 5.54 Å². The quantitative estimate of drug-likeness (QED) is 0.897. The number of hydrogen-bond donors (Lipinski definition) is 1. The van der Waals surface area contributed by atoms with E-state index in [9.17, 15) is 21.6 Å². The standard InChI is InChI=1S/C13H16F3NO2S.ClH/c14-13(15,16)11-4-2-1-3-10(11)9-12(17)5-7-20(18,19)8-6-12;/h1-4H,5-9,17H2;1H. The van der Waals surface area contributed by atoms with Gasteiger partial charge in [-0.3, -0.25) is 0 Å². The van der Waals surface area contributed by atoms with Crippen LogP contribution in [0.1, 0.15) is 24.0 Å². The van der Waals surface area contributed by atoms with Gasteiger partial charge >= 0.3 is 6.18 Å². The summed E-state index contributed by atoms with van der Waals surface area (Å²) in [6, 6.07) is 5.30. The molecule has 1 aromatic rings. The van der Waals surface area contributed by atoms with Gasteiger partial charge in [0.25, 0.3) is 0 Å². The summed E-state index contributed by atoms with van der Waals surface area (Å²) in [7, 11) is -3.09. The molecule has 2 N–H and O–H groups in total. The molecule has 3 nitrogen and oxygen atoms in total. The smallest absolute Gasteiger partial charge is 0.325 e. The normalized spacial score (nSPS) is 20.6. The zero-order chi connectivity index (χ0) is 15.0. The van der Waals surface area contributed by atoms with E-state index in [-0.39, 0.29) is 48.7 Å². The largest absolute Gasteiger partial charge is 0.416 e. The number of rotatable bonds is 2. The van der Waals surface area contributed by atoms with Crippen molar-refractivity contribution in [1.82, 2.24) is 0 Å². The average Bonchev–Trinajstić information content (AvgIpc) is 2.33. The highest BCUT2D eigenvalue weighted by Crippen LogP contribution is 2.34. The molecule has 1 aliphatic rings. The zero-order valence-corrected chi connectivity index (χ0v) is 12.8. The summed E-state index contributed by atoms with van der Waals surface area (Å²) < 4.78 is 61.5. The topological polar surface area (TPSA) is 60.2 Å². The van der Waals surface area contributed by atoms with Gasteiger partial charge < -0.3 is 5.73 Å². The Kier molecular flexibility index (Phi) is 5.34. The molecule has 21 heavy (non-hydrogen) atoms. The predicted molar refractivity (Wildman–Crippen MR) is 77.2 cm³/mol. The number of benzene rings is 1. The molecule has 1 aromatic carbocycles. The van der Waals surface area contributed by atoms with Crippen molar-refractivity contribution < 1.29 is 21.6 Å². The van der Waals surface area contributed by atoms with Crippen LogP contribution in [0.25, 0.3) is 0 Å². The van der Waals surface area contributed by atoms with Gasteiger partial charge in [0.1, 0.15) is 9.84 Å². The first-order chi connectivity index (χ1) is 9.11. The highest BCUT2D eigenvalue weighted by molar-refractivity contribution is 7.91. The van der Waals surface area contributed by atoms with Gasteiger partial charge in [-0.2, -0.15) is 13.2 Å². The number of hydrogen-bond acceptors (Lipinski definition) is 3. The number of halogens is 4. The molecule has 0 unspecified atom stereocenters. The van der Waals surface area contributed by atoms with Crippen molar-refractivity contribution in [2.75, 3.05) is 11.5 Å².